The van der Waals surface area contributed by atoms with Crippen LogP contribution in [-0.4, -0.2) is 80.7 Å². The highest BCUT2D eigenvalue weighted by Crippen LogP contribution is 2.54. The Morgan fingerprint density at radius 3 is 2.44 bits per heavy atom. The molecule has 4 rings (SSSR count). The summed E-state index contributed by atoms with van der Waals surface area (Å²) < 4.78 is 0. The van der Waals surface area contributed by atoms with Crippen LogP contribution < -0.4 is 5.32 Å². The molecule has 6 N–H and O–H groups in total. The van der Waals surface area contributed by atoms with E-state index in [1.54, 1.807) is 14.1 Å². The van der Waals surface area contributed by atoms with Gasteiger partial charge in [0.25, 0.3) is 5.91 Å². The van der Waals surface area contributed by atoms with Crippen LogP contribution in [0, 0.1) is 11.8 Å². The van der Waals surface area contributed by atoms with Crippen molar-refractivity contribution >= 4 is 17.5 Å². The third-order valence-corrected chi connectivity index (χ3v) is 6.78. The first-order chi connectivity index (χ1) is 15.0. The van der Waals surface area contributed by atoms with Crippen molar-refractivity contribution in [1.29, 1.82) is 0 Å². The highest BCUT2D eigenvalue weighted by atomic mass is 16.3. The fraction of sp³-hybridized carbons (Fsp3) is 0.409. The molecule has 0 spiro atoms. The average molecular weight is 444 g/mol. The number of phenols is 1. The number of nitrogens with one attached hydrogen (secondary N) is 1. The number of aliphatic hydroxyl groups is 4. The smallest absolute Gasteiger partial charge is 0.258 e. The highest BCUT2D eigenvalue weighted by Gasteiger charge is 2.64. The summed E-state index contributed by atoms with van der Waals surface area (Å²) in [6.07, 6.45) is -1.47. The zero-order valence-corrected chi connectivity index (χ0v) is 17.7. The number of hydrogen-bond donors (Lipinski definition) is 6. The Bertz CT molecular complexity index is 1120. The lowest BCUT2D eigenvalue weighted by Gasteiger charge is -2.50. The van der Waals surface area contributed by atoms with Crippen LogP contribution in [0.5, 0.6) is 5.75 Å². The molecule has 0 fully saturated rings. The predicted octanol–water partition coefficient (Wildman–Crippen LogP) is -0.128. The van der Waals surface area contributed by atoms with E-state index in [0.717, 1.165) is 0 Å². The molecule has 0 heterocycles. The Balaban J connectivity index is 2.00. The molecule has 32 heavy (non-hydrogen) atoms. The quantitative estimate of drug-likeness (QED) is 0.341. The van der Waals surface area contributed by atoms with Gasteiger partial charge in [-0.25, -0.2) is 0 Å². The molecule has 170 valence electrons. The molecule has 10 nitrogen and oxygen atoms in total. The fourth-order valence-electron chi connectivity index (χ4n) is 5.31. The van der Waals surface area contributed by atoms with Gasteiger partial charge in [0.05, 0.1) is 17.7 Å². The monoisotopic (exact) mass is 444 g/mol. The van der Waals surface area contributed by atoms with E-state index in [1.807, 2.05) is 0 Å². The molecular weight excluding hydrogens is 420 g/mol. The SMILES string of the molecule is CNC(=O)C1=C(O)[C@@H](N(C)C)[C@@H]2C[C@H]3C(=C(O)[C@]2(O)C1=O)C(=O)c1c(O)cccc1[C@H]3O. The van der Waals surface area contributed by atoms with E-state index >= 15 is 0 Å². The Labute approximate surface area is 183 Å². The van der Waals surface area contributed by atoms with Gasteiger partial charge in [0.15, 0.2) is 11.4 Å². The van der Waals surface area contributed by atoms with Gasteiger partial charge in [-0.2, -0.15) is 0 Å². The second-order valence-corrected chi connectivity index (χ2v) is 8.57. The van der Waals surface area contributed by atoms with E-state index in [2.05, 4.69) is 5.32 Å². The minimum Gasteiger partial charge on any atom is -0.510 e. The number of carbonyl (C=O) groups excluding carboxylic acids is 3. The number of aromatic hydroxyl groups is 1. The zero-order valence-electron chi connectivity index (χ0n) is 17.7. The van der Waals surface area contributed by atoms with Crippen molar-refractivity contribution in [2.45, 2.75) is 24.2 Å². The maximum absolute atomic E-state index is 13.3. The number of ketones is 2. The molecule has 0 radical (unpaired) electrons. The molecular formula is C22H24N2O8. The van der Waals surface area contributed by atoms with Gasteiger partial charge in [0.2, 0.25) is 5.78 Å². The zero-order chi connectivity index (χ0) is 23.7. The third-order valence-electron chi connectivity index (χ3n) is 6.78. The summed E-state index contributed by atoms with van der Waals surface area (Å²) >= 11 is 0. The van der Waals surface area contributed by atoms with Crippen molar-refractivity contribution in [3.8, 4) is 5.75 Å². The highest BCUT2D eigenvalue weighted by molar-refractivity contribution is 6.25. The standard InChI is InChI=1S/C22H24N2O8/c1-23-21(31)14-18(28)15(24(2)3)10-7-9-13(19(29)22(10,32)20(14)30)17(27)12-8(16(9)26)5-4-6-11(12)25/h4-6,9-10,15-16,25-26,28-29,32H,7H2,1-3H3,(H,23,31)/t9-,10-,15-,16+,22-/m0/s1. The fourth-order valence-corrected chi connectivity index (χ4v) is 5.31. The molecule has 0 bridgehead atoms. The van der Waals surface area contributed by atoms with Gasteiger partial charge in [-0.1, -0.05) is 12.1 Å². The number of phenolic OH excluding ortho intramolecular Hbond substituents is 1. The van der Waals surface area contributed by atoms with Gasteiger partial charge in [-0.15, -0.1) is 0 Å². The normalized spacial score (nSPS) is 31.9. The van der Waals surface area contributed by atoms with E-state index in [4.69, 9.17) is 0 Å². The molecule has 5 atom stereocenters. The van der Waals surface area contributed by atoms with Crippen molar-refractivity contribution in [1.82, 2.24) is 10.2 Å². The van der Waals surface area contributed by atoms with Crippen LogP contribution in [0.1, 0.15) is 28.4 Å². The summed E-state index contributed by atoms with van der Waals surface area (Å²) in [5, 5.41) is 56.9. The van der Waals surface area contributed by atoms with Crippen LogP contribution in [0.2, 0.25) is 0 Å². The van der Waals surface area contributed by atoms with Gasteiger partial charge in [0.1, 0.15) is 22.8 Å². The number of benzene rings is 1. The molecule has 0 aromatic heterocycles. The van der Waals surface area contributed by atoms with E-state index in [-0.39, 0.29) is 17.5 Å². The van der Waals surface area contributed by atoms with Crippen LogP contribution in [-0.2, 0) is 9.59 Å². The molecule has 1 amide bonds. The summed E-state index contributed by atoms with van der Waals surface area (Å²) in [6.45, 7) is 0. The first kappa shape index (κ1) is 22.0. The van der Waals surface area contributed by atoms with E-state index in [9.17, 15) is 39.9 Å². The Kier molecular flexibility index (Phi) is 4.92. The second-order valence-electron chi connectivity index (χ2n) is 8.57. The van der Waals surface area contributed by atoms with Gasteiger partial charge in [-0.3, -0.25) is 19.3 Å². The number of Topliss-reactive ketones (excluding diaryl/α,β-unsaturated/α-hetero) is 2. The molecule has 1 aromatic carbocycles. The summed E-state index contributed by atoms with van der Waals surface area (Å²) in [5.74, 6) is -7.17. The van der Waals surface area contributed by atoms with Crippen molar-refractivity contribution in [2.75, 3.05) is 21.1 Å². The topological polar surface area (TPSA) is 168 Å². The lowest BCUT2D eigenvalue weighted by molar-refractivity contribution is -0.150. The number of carbonyl (C=O) groups is 3. The average Bonchev–Trinajstić information content (AvgIpc) is 2.73. The molecule has 0 saturated carbocycles. The van der Waals surface area contributed by atoms with Crippen molar-refractivity contribution in [3.05, 3.63) is 52.0 Å². The first-order valence-electron chi connectivity index (χ1n) is 10.0. The number of likely N-dealkylation sites (N-methyl/N-ethyl adjacent to an activating group) is 2. The largest absolute Gasteiger partial charge is 0.510 e. The van der Waals surface area contributed by atoms with Gasteiger partial charge < -0.3 is 30.8 Å². The van der Waals surface area contributed by atoms with Crippen molar-refractivity contribution in [3.63, 3.8) is 0 Å². The minimum absolute atomic E-state index is 0.155. The van der Waals surface area contributed by atoms with E-state index in [1.165, 1.54) is 30.1 Å². The Morgan fingerprint density at radius 1 is 1.19 bits per heavy atom. The first-order valence-corrected chi connectivity index (χ1v) is 10.0. The lowest BCUT2D eigenvalue weighted by Crippen LogP contribution is -2.64. The number of nitrogens with zero attached hydrogens (tertiary/aromatic N) is 1. The Morgan fingerprint density at radius 2 is 1.84 bits per heavy atom. The summed E-state index contributed by atoms with van der Waals surface area (Å²) in [4.78, 5) is 40.4. The minimum atomic E-state index is -2.69. The van der Waals surface area contributed by atoms with Crippen LogP contribution >= 0.6 is 0 Å². The van der Waals surface area contributed by atoms with Gasteiger partial charge in [0, 0.05) is 24.5 Å². The van der Waals surface area contributed by atoms with Crippen LogP contribution in [0.25, 0.3) is 0 Å². The number of rotatable bonds is 2. The van der Waals surface area contributed by atoms with Gasteiger partial charge >= 0.3 is 0 Å². The van der Waals surface area contributed by atoms with Crippen LogP contribution in [0.3, 0.4) is 0 Å². The molecule has 0 unspecified atom stereocenters. The van der Waals surface area contributed by atoms with Crippen molar-refractivity contribution < 1.29 is 39.9 Å². The number of fused-ring (bicyclic) bond motifs is 3. The number of hydrogen-bond acceptors (Lipinski definition) is 9. The lowest BCUT2D eigenvalue weighted by atomic mass is 9.58. The summed E-state index contributed by atoms with van der Waals surface area (Å²) in [6, 6.07) is 3.12. The maximum Gasteiger partial charge on any atom is 0.258 e. The number of amides is 1. The van der Waals surface area contributed by atoms with Crippen LogP contribution in [0.4, 0.5) is 0 Å². The number of aliphatic hydroxyl groups excluding tert-OH is 3. The molecule has 3 aliphatic rings. The maximum atomic E-state index is 13.3. The molecule has 0 aliphatic heterocycles. The summed E-state index contributed by atoms with van der Waals surface area (Å²) in [5.41, 5.74) is -3.86. The molecule has 3 aliphatic carbocycles. The van der Waals surface area contributed by atoms with Crippen molar-refractivity contribution in [2.24, 2.45) is 11.8 Å². The molecule has 0 saturated heterocycles. The predicted molar refractivity (Wildman–Crippen MR) is 110 cm³/mol. The second kappa shape index (κ2) is 7.16. The molecule has 10 heteroatoms. The van der Waals surface area contributed by atoms with E-state index in [0.29, 0.717) is 0 Å². The van der Waals surface area contributed by atoms with Gasteiger partial charge in [-0.05, 0) is 32.1 Å². The third kappa shape index (κ3) is 2.60. The Hall–Kier alpha value is -3.21. The molecule has 1 aromatic rings. The van der Waals surface area contributed by atoms with E-state index < -0.39 is 75.5 Å². The van der Waals surface area contributed by atoms with Crippen LogP contribution in [0.15, 0.2) is 40.9 Å². The summed E-state index contributed by atoms with van der Waals surface area (Å²) in [7, 11) is 4.36.